The Hall–Kier alpha value is -4.01. The third kappa shape index (κ3) is 4.83. The van der Waals surface area contributed by atoms with E-state index in [1.807, 2.05) is 6.07 Å². The van der Waals surface area contributed by atoms with Crippen molar-refractivity contribution in [1.82, 2.24) is 20.0 Å². The molecule has 9 heteroatoms. The minimum Gasteiger partial charge on any atom is -0.478 e. The van der Waals surface area contributed by atoms with Crippen LogP contribution in [0.3, 0.4) is 0 Å². The molecule has 2 fully saturated rings. The number of carboxylic acids is 1. The number of amides is 3. The standard InChI is InChI=1S/C19H17N3O3.C4H5NO2.H2/c23-18(20-15-5-2-6-15)14-7-8-17-21-16(11-22(17)10-14)12-3-1-4-13(9-12)19(24)25;6-3-1-2-4(7)5-3;/h1,3-4,7-11,15H,2,5-6H2,(H,20,23)(H,24,25);1-2H2,(H,5,6,7);1H. The quantitative estimate of drug-likeness (QED) is 0.539. The summed E-state index contributed by atoms with van der Waals surface area (Å²) in [7, 11) is 0. The minimum atomic E-state index is -0.972. The maximum atomic E-state index is 12.3. The van der Waals surface area contributed by atoms with Crippen molar-refractivity contribution in [3.8, 4) is 11.3 Å². The molecular weight excluding hydrogens is 412 g/mol. The molecule has 166 valence electrons. The van der Waals surface area contributed by atoms with Gasteiger partial charge in [0.2, 0.25) is 11.8 Å². The van der Waals surface area contributed by atoms with Gasteiger partial charge in [0.15, 0.2) is 0 Å². The molecular formula is C23H24N4O5. The average molecular weight is 436 g/mol. The molecule has 3 amide bonds. The molecule has 2 aliphatic rings. The number of imide groups is 1. The first-order valence-electron chi connectivity index (χ1n) is 10.3. The highest BCUT2D eigenvalue weighted by Gasteiger charge is 2.20. The highest BCUT2D eigenvalue weighted by Crippen LogP contribution is 2.22. The van der Waals surface area contributed by atoms with Gasteiger partial charge in [0.25, 0.3) is 5.91 Å². The van der Waals surface area contributed by atoms with Crippen LogP contribution in [-0.2, 0) is 9.59 Å². The number of benzene rings is 1. The summed E-state index contributed by atoms with van der Waals surface area (Å²) in [5.74, 6) is -1.34. The number of hydrogen-bond donors (Lipinski definition) is 3. The van der Waals surface area contributed by atoms with Crippen molar-refractivity contribution in [2.24, 2.45) is 0 Å². The fourth-order valence-electron chi connectivity index (χ4n) is 3.41. The molecule has 1 saturated heterocycles. The van der Waals surface area contributed by atoms with E-state index in [-0.39, 0.29) is 24.7 Å². The Balaban J connectivity index is 0.000000330. The van der Waals surface area contributed by atoms with Gasteiger partial charge in [0.05, 0.1) is 16.8 Å². The largest absolute Gasteiger partial charge is 0.478 e. The van der Waals surface area contributed by atoms with Crippen molar-refractivity contribution in [3.63, 3.8) is 0 Å². The number of aromatic nitrogens is 2. The second kappa shape index (κ2) is 9.01. The van der Waals surface area contributed by atoms with Crippen LogP contribution >= 0.6 is 0 Å². The van der Waals surface area contributed by atoms with E-state index in [4.69, 9.17) is 5.11 Å². The van der Waals surface area contributed by atoms with Crippen LogP contribution < -0.4 is 10.6 Å². The molecule has 32 heavy (non-hydrogen) atoms. The molecule has 1 aliphatic carbocycles. The Morgan fingerprint density at radius 1 is 1.06 bits per heavy atom. The third-order valence-corrected chi connectivity index (χ3v) is 5.42. The summed E-state index contributed by atoms with van der Waals surface area (Å²) >= 11 is 0. The molecule has 0 atom stereocenters. The molecule has 0 unspecified atom stereocenters. The van der Waals surface area contributed by atoms with Crippen LogP contribution in [0.4, 0.5) is 0 Å². The van der Waals surface area contributed by atoms with Crippen molar-refractivity contribution in [3.05, 3.63) is 59.9 Å². The van der Waals surface area contributed by atoms with E-state index in [0.717, 1.165) is 18.4 Å². The molecule has 1 aromatic carbocycles. The highest BCUT2D eigenvalue weighted by atomic mass is 16.4. The van der Waals surface area contributed by atoms with E-state index in [9.17, 15) is 19.2 Å². The smallest absolute Gasteiger partial charge is 0.335 e. The lowest BCUT2D eigenvalue weighted by Crippen LogP contribution is -2.39. The van der Waals surface area contributed by atoms with Gasteiger partial charge in [-0.3, -0.25) is 19.7 Å². The zero-order valence-electron chi connectivity index (χ0n) is 17.2. The molecule has 1 aliphatic heterocycles. The van der Waals surface area contributed by atoms with Crippen molar-refractivity contribution in [2.75, 3.05) is 0 Å². The fourth-order valence-corrected chi connectivity index (χ4v) is 3.41. The molecule has 3 aromatic rings. The predicted molar refractivity (Wildman–Crippen MR) is 117 cm³/mol. The molecule has 9 nitrogen and oxygen atoms in total. The van der Waals surface area contributed by atoms with E-state index in [2.05, 4.69) is 15.6 Å². The molecule has 1 saturated carbocycles. The number of hydrogen-bond acceptors (Lipinski definition) is 5. The van der Waals surface area contributed by atoms with E-state index >= 15 is 0 Å². The number of imidazole rings is 1. The van der Waals surface area contributed by atoms with Crippen LogP contribution in [0.15, 0.2) is 48.8 Å². The second-order valence-corrected chi connectivity index (χ2v) is 7.77. The Morgan fingerprint density at radius 3 is 2.41 bits per heavy atom. The van der Waals surface area contributed by atoms with Crippen LogP contribution in [0, 0.1) is 0 Å². The Kier molecular flexibility index (Phi) is 5.98. The molecule has 0 radical (unpaired) electrons. The normalized spacial score (nSPS) is 15.5. The summed E-state index contributed by atoms with van der Waals surface area (Å²) in [6.45, 7) is 0. The first-order valence-corrected chi connectivity index (χ1v) is 10.3. The number of fused-ring (bicyclic) bond motifs is 1. The topological polar surface area (TPSA) is 130 Å². The van der Waals surface area contributed by atoms with Gasteiger partial charge in [0, 0.05) is 38.3 Å². The van der Waals surface area contributed by atoms with Crippen molar-refractivity contribution in [1.29, 1.82) is 0 Å². The summed E-state index contributed by atoms with van der Waals surface area (Å²) in [6, 6.07) is 10.5. The van der Waals surface area contributed by atoms with Crippen LogP contribution in [0.5, 0.6) is 0 Å². The predicted octanol–water partition coefficient (Wildman–Crippen LogP) is 2.65. The summed E-state index contributed by atoms with van der Waals surface area (Å²) < 4.78 is 1.79. The third-order valence-electron chi connectivity index (χ3n) is 5.42. The van der Waals surface area contributed by atoms with Gasteiger partial charge in [-0.15, -0.1) is 0 Å². The number of pyridine rings is 1. The Labute approximate surface area is 184 Å². The molecule has 0 bridgehead atoms. The van der Waals surface area contributed by atoms with Gasteiger partial charge in [-0.2, -0.15) is 0 Å². The zero-order chi connectivity index (χ0) is 22.7. The van der Waals surface area contributed by atoms with Gasteiger partial charge < -0.3 is 14.8 Å². The number of carbonyl (C=O) groups is 4. The van der Waals surface area contributed by atoms with E-state index in [1.165, 1.54) is 6.42 Å². The van der Waals surface area contributed by atoms with Crippen LogP contribution in [-0.4, -0.2) is 44.2 Å². The molecule has 3 N–H and O–H groups in total. The van der Waals surface area contributed by atoms with Gasteiger partial charge in [-0.05, 0) is 43.5 Å². The van der Waals surface area contributed by atoms with Gasteiger partial charge >= 0.3 is 5.97 Å². The lowest BCUT2D eigenvalue weighted by atomic mass is 9.93. The van der Waals surface area contributed by atoms with Crippen LogP contribution in [0.1, 0.15) is 54.2 Å². The number of nitrogens with zero attached hydrogens (tertiary/aromatic N) is 2. The van der Waals surface area contributed by atoms with Crippen molar-refractivity contribution in [2.45, 2.75) is 38.1 Å². The Morgan fingerprint density at radius 2 is 1.81 bits per heavy atom. The SMILES string of the molecule is O=C(O)c1cccc(-c2cn3cc(C(=O)NC4CCC4)ccc3n2)c1.O=C1CCC(=O)N1.[HH]. The van der Waals surface area contributed by atoms with Gasteiger partial charge in [0.1, 0.15) is 5.65 Å². The maximum absolute atomic E-state index is 12.3. The molecule has 0 spiro atoms. The molecule has 2 aromatic heterocycles. The second-order valence-electron chi connectivity index (χ2n) is 7.77. The first kappa shape index (κ1) is 21.2. The summed E-state index contributed by atoms with van der Waals surface area (Å²) in [6.07, 6.45) is 7.56. The maximum Gasteiger partial charge on any atom is 0.335 e. The average Bonchev–Trinajstić information content (AvgIpc) is 3.35. The van der Waals surface area contributed by atoms with Crippen molar-refractivity contribution >= 4 is 29.3 Å². The number of aromatic carboxylic acids is 1. The highest BCUT2D eigenvalue weighted by molar-refractivity contribution is 6.01. The van der Waals surface area contributed by atoms with Crippen molar-refractivity contribution < 1.29 is 25.7 Å². The van der Waals surface area contributed by atoms with Gasteiger partial charge in [-0.1, -0.05) is 12.1 Å². The zero-order valence-corrected chi connectivity index (χ0v) is 17.2. The summed E-state index contributed by atoms with van der Waals surface area (Å²) in [5, 5.41) is 14.3. The fraction of sp³-hybridized carbons (Fsp3) is 0.261. The summed E-state index contributed by atoms with van der Waals surface area (Å²) in [4.78, 5) is 48.2. The van der Waals surface area contributed by atoms with E-state index in [0.29, 0.717) is 35.8 Å². The van der Waals surface area contributed by atoms with E-state index in [1.54, 1.807) is 47.1 Å². The monoisotopic (exact) mass is 436 g/mol. The number of carboxylic acid groups (broad SMARTS) is 1. The molecule has 3 heterocycles. The first-order chi connectivity index (χ1) is 15.4. The Bertz CT molecular complexity index is 1200. The van der Waals surface area contributed by atoms with E-state index < -0.39 is 5.97 Å². The van der Waals surface area contributed by atoms with Gasteiger partial charge in [-0.25, -0.2) is 9.78 Å². The lowest BCUT2D eigenvalue weighted by Gasteiger charge is -2.26. The molecule has 5 rings (SSSR count). The number of carbonyl (C=O) groups excluding carboxylic acids is 3. The number of rotatable bonds is 4. The van der Waals surface area contributed by atoms with Crippen LogP contribution in [0.2, 0.25) is 0 Å². The van der Waals surface area contributed by atoms with Crippen LogP contribution in [0.25, 0.3) is 16.9 Å². The lowest BCUT2D eigenvalue weighted by molar-refractivity contribution is -0.124. The number of nitrogens with one attached hydrogen (secondary N) is 2. The summed E-state index contributed by atoms with van der Waals surface area (Å²) in [5.41, 5.74) is 2.90. The minimum absolute atomic E-state index is 0.